The van der Waals surface area contributed by atoms with Crippen LogP contribution in [0.4, 0.5) is 5.69 Å². The second-order valence-corrected chi connectivity index (χ2v) is 6.50. The molecular weight excluding hydrogens is 256 g/mol. The molecule has 21 heavy (non-hydrogen) atoms. The first kappa shape index (κ1) is 12.9. The quantitative estimate of drug-likeness (QED) is 0.850. The van der Waals surface area contributed by atoms with Crippen molar-refractivity contribution in [2.75, 3.05) is 24.5 Å². The molecule has 2 heterocycles. The molecule has 0 amide bonds. The van der Waals surface area contributed by atoms with Crippen molar-refractivity contribution in [1.29, 1.82) is 0 Å². The van der Waals surface area contributed by atoms with Gasteiger partial charge in [0.15, 0.2) is 0 Å². The van der Waals surface area contributed by atoms with Crippen molar-refractivity contribution in [3.05, 3.63) is 65.7 Å². The molecule has 2 aliphatic heterocycles. The average Bonchev–Trinajstić information content (AvgIpc) is 2.80. The normalized spacial score (nSPS) is 24.7. The van der Waals surface area contributed by atoms with Gasteiger partial charge in [0.1, 0.15) is 0 Å². The summed E-state index contributed by atoms with van der Waals surface area (Å²) < 4.78 is 0. The first-order valence-electron chi connectivity index (χ1n) is 7.89. The predicted octanol–water partition coefficient (Wildman–Crippen LogP) is 3.32. The lowest BCUT2D eigenvalue weighted by atomic mass is 9.91. The summed E-state index contributed by atoms with van der Waals surface area (Å²) in [5, 5.41) is 0. The Labute approximate surface area is 127 Å². The Morgan fingerprint density at radius 2 is 1.67 bits per heavy atom. The Morgan fingerprint density at radius 1 is 0.905 bits per heavy atom. The highest BCUT2D eigenvalue weighted by Gasteiger charge is 2.45. The molecule has 108 valence electrons. The molecule has 2 saturated heterocycles. The highest BCUT2D eigenvalue weighted by Crippen LogP contribution is 2.36. The van der Waals surface area contributed by atoms with Gasteiger partial charge in [0, 0.05) is 43.8 Å². The summed E-state index contributed by atoms with van der Waals surface area (Å²) in [5.41, 5.74) is 4.16. The van der Waals surface area contributed by atoms with Crippen LogP contribution in [0.2, 0.25) is 0 Å². The number of anilines is 1. The SMILES string of the molecule is Cc1ccc(N2C[C@H]3CN(Cc4ccccc4)C[C@H]32)cc1. The van der Waals surface area contributed by atoms with Gasteiger partial charge in [-0.25, -0.2) is 0 Å². The van der Waals surface area contributed by atoms with Crippen LogP contribution in [0.5, 0.6) is 0 Å². The monoisotopic (exact) mass is 278 g/mol. The molecule has 2 aromatic carbocycles. The summed E-state index contributed by atoms with van der Waals surface area (Å²) in [5.74, 6) is 0.856. The summed E-state index contributed by atoms with van der Waals surface area (Å²) in [4.78, 5) is 5.19. The van der Waals surface area contributed by atoms with Crippen LogP contribution in [0.3, 0.4) is 0 Å². The second kappa shape index (κ2) is 5.19. The van der Waals surface area contributed by atoms with Crippen molar-refractivity contribution in [2.45, 2.75) is 19.5 Å². The summed E-state index contributed by atoms with van der Waals surface area (Å²) in [7, 11) is 0. The zero-order valence-electron chi connectivity index (χ0n) is 12.6. The van der Waals surface area contributed by atoms with Gasteiger partial charge < -0.3 is 4.90 Å². The lowest BCUT2D eigenvalue weighted by Crippen LogP contribution is -2.55. The molecule has 0 bridgehead atoms. The van der Waals surface area contributed by atoms with E-state index in [1.54, 1.807) is 0 Å². The third-order valence-electron chi connectivity index (χ3n) is 4.93. The molecule has 2 aromatic rings. The van der Waals surface area contributed by atoms with E-state index in [-0.39, 0.29) is 0 Å². The zero-order valence-corrected chi connectivity index (χ0v) is 12.6. The standard InChI is InChI=1S/C19H22N2/c1-15-7-9-18(10-8-15)21-13-17-12-20(14-19(17)21)11-16-5-3-2-4-6-16/h2-10,17,19H,11-14H2,1H3/t17-,19-/m1/s1. The van der Waals surface area contributed by atoms with E-state index >= 15 is 0 Å². The number of benzene rings is 2. The van der Waals surface area contributed by atoms with Crippen molar-refractivity contribution in [1.82, 2.24) is 4.90 Å². The summed E-state index contributed by atoms with van der Waals surface area (Å²) >= 11 is 0. The summed E-state index contributed by atoms with van der Waals surface area (Å²) in [6.45, 7) is 6.92. The van der Waals surface area contributed by atoms with Gasteiger partial charge in [-0.05, 0) is 24.6 Å². The fourth-order valence-corrected chi connectivity index (χ4v) is 3.73. The minimum Gasteiger partial charge on any atom is -0.366 e. The zero-order chi connectivity index (χ0) is 14.2. The predicted molar refractivity (Wildman–Crippen MR) is 87.5 cm³/mol. The van der Waals surface area contributed by atoms with Gasteiger partial charge in [-0.1, -0.05) is 48.0 Å². The van der Waals surface area contributed by atoms with E-state index in [4.69, 9.17) is 0 Å². The lowest BCUT2D eigenvalue weighted by Gasteiger charge is -2.45. The number of hydrogen-bond donors (Lipinski definition) is 0. The van der Waals surface area contributed by atoms with Crippen LogP contribution in [0, 0.1) is 12.8 Å². The molecule has 0 spiro atoms. The van der Waals surface area contributed by atoms with Crippen molar-refractivity contribution < 1.29 is 0 Å². The topological polar surface area (TPSA) is 6.48 Å². The number of rotatable bonds is 3. The van der Waals surface area contributed by atoms with Gasteiger partial charge in [0.25, 0.3) is 0 Å². The molecular formula is C19H22N2. The minimum absolute atomic E-state index is 0.719. The molecule has 0 aromatic heterocycles. The lowest BCUT2D eigenvalue weighted by molar-refractivity contribution is 0.320. The number of nitrogens with zero attached hydrogens (tertiary/aromatic N) is 2. The maximum Gasteiger partial charge on any atom is 0.0474 e. The Kier molecular flexibility index (Phi) is 3.19. The van der Waals surface area contributed by atoms with Crippen LogP contribution in [0.1, 0.15) is 11.1 Å². The number of hydrogen-bond acceptors (Lipinski definition) is 2. The van der Waals surface area contributed by atoms with Crippen molar-refractivity contribution in [3.63, 3.8) is 0 Å². The van der Waals surface area contributed by atoms with Gasteiger partial charge in [0.05, 0.1) is 0 Å². The van der Waals surface area contributed by atoms with Gasteiger partial charge in [-0.3, -0.25) is 4.90 Å². The fourth-order valence-electron chi connectivity index (χ4n) is 3.73. The number of fused-ring (bicyclic) bond motifs is 1. The first-order chi connectivity index (χ1) is 10.3. The largest absolute Gasteiger partial charge is 0.366 e. The van der Waals surface area contributed by atoms with Crippen molar-refractivity contribution in [3.8, 4) is 0 Å². The summed E-state index contributed by atoms with van der Waals surface area (Å²) in [6, 6.07) is 20.5. The molecule has 0 unspecified atom stereocenters. The minimum atomic E-state index is 0.719. The molecule has 2 nitrogen and oxygen atoms in total. The Hall–Kier alpha value is -1.80. The second-order valence-electron chi connectivity index (χ2n) is 6.50. The molecule has 4 rings (SSSR count). The van der Waals surface area contributed by atoms with Gasteiger partial charge in [0.2, 0.25) is 0 Å². The Balaban J connectivity index is 1.41. The molecule has 0 radical (unpaired) electrons. The van der Waals surface area contributed by atoms with E-state index in [0.717, 1.165) is 18.5 Å². The maximum absolute atomic E-state index is 2.61. The summed E-state index contributed by atoms with van der Waals surface area (Å²) in [6.07, 6.45) is 0. The van der Waals surface area contributed by atoms with Crippen LogP contribution in [0.15, 0.2) is 54.6 Å². The van der Waals surface area contributed by atoms with Gasteiger partial charge in [-0.15, -0.1) is 0 Å². The molecule has 0 saturated carbocycles. The van der Waals surface area contributed by atoms with E-state index in [2.05, 4.69) is 71.3 Å². The number of likely N-dealkylation sites (tertiary alicyclic amines) is 1. The van der Waals surface area contributed by atoms with E-state index in [1.807, 2.05) is 0 Å². The third-order valence-corrected chi connectivity index (χ3v) is 4.93. The van der Waals surface area contributed by atoms with Gasteiger partial charge in [-0.2, -0.15) is 0 Å². The molecule has 2 fully saturated rings. The van der Waals surface area contributed by atoms with E-state index in [9.17, 15) is 0 Å². The number of aryl methyl sites for hydroxylation is 1. The third kappa shape index (κ3) is 2.44. The fraction of sp³-hybridized carbons (Fsp3) is 0.368. The van der Waals surface area contributed by atoms with Crippen LogP contribution in [-0.4, -0.2) is 30.6 Å². The van der Waals surface area contributed by atoms with Crippen LogP contribution in [0.25, 0.3) is 0 Å². The van der Waals surface area contributed by atoms with E-state index in [0.29, 0.717) is 0 Å². The smallest absolute Gasteiger partial charge is 0.0474 e. The first-order valence-corrected chi connectivity index (χ1v) is 7.89. The van der Waals surface area contributed by atoms with E-state index in [1.165, 1.54) is 36.4 Å². The molecule has 0 N–H and O–H groups in total. The highest BCUT2D eigenvalue weighted by atomic mass is 15.3. The van der Waals surface area contributed by atoms with E-state index < -0.39 is 0 Å². The molecule has 0 aliphatic carbocycles. The highest BCUT2D eigenvalue weighted by molar-refractivity contribution is 5.52. The van der Waals surface area contributed by atoms with Crippen LogP contribution < -0.4 is 4.90 Å². The Morgan fingerprint density at radius 3 is 2.43 bits per heavy atom. The molecule has 2 heteroatoms. The van der Waals surface area contributed by atoms with Crippen LogP contribution in [-0.2, 0) is 6.54 Å². The maximum atomic E-state index is 2.61. The van der Waals surface area contributed by atoms with Crippen LogP contribution >= 0.6 is 0 Å². The molecule has 2 atom stereocenters. The average molecular weight is 278 g/mol. The Bertz CT molecular complexity index is 605. The molecule has 2 aliphatic rings. The van der Waals surface area contributed by atoms with Gasteiger partial charge >= 0.3 is 0 Å². The van der Waals surface area contributed by atoms with Crippen molar-refractivity contribution in [2.24, 2.45) is 5.92 Å². The van der Waals surface area contributed by atoms with Crippen molar-refractivity contribution >= 4 is 5.69 Å².